The number of carbonyl (C=O) groups excluding carboxylic acids is 1. The van der Waals surface area contributed by atoms with Gasteiger partial charge in [-0.25, -0.2) is 4.79 Å². The van der Waals surface area contributed by atoms with Crippen molar-refractivity contribution in [2.24, 2.45) is 7.05 Å². The molecule has 0 aliphatic carbocycles. The highest BCUT2D eigenvalue weighted by Crippen LogP contribution is 2.18. The van der Waals surface area contributed by atoms with Gasteiger partial charge in [0.2, 0.25) is 0 Å². The van der Waals surface area contributed by atoms with E-state index >= 15 is 0 Å². The van der Waals surface area contributed by atoms with Gasteiger partial charge in [-0.3, -0.25) is 9.67 Å². The molecule has 6 nitrogen and oxygen atoms in total. The number of aromatic nitrogens is 3. The summed E-state index contributed by atoms with van der Waals surface area (Å²) in [5, 5.41) is 6.27. The van der Waals surface area contributed by atoms with Gasteiger partial charge in [0.1, 0.15) is 0 Å². The van der Waals surface area contributed by atoms with Gasteiger partial charge in [-0.15, -0.1) is 0 Å². The summed E-state index contributed by atoms with van der Waals surface area (Å²) in [5.74, 6) is 0. The first-order valence-corrected chi connectivity index (χ1v) is 6.25. The minimum absolute atomic E-state index is 0.00931. The molecule has 1 N–H and O–H groups in total. The maximum Gasteiger partial charge on any atom is 0.422 e. The minimum atomic E-state index is -4.54. The first kappa shape index (κ1) is 15.8. The number of halogens is 3. The highest BCUT2D eigenvalue weighted by Gasteiger charge is 2.29. The van der Waals surface area contributed by atoms with Crippen molar-refractivity contribution in [2.45, 2.75) is 12.7 Å². The predicted molar refractivity (Wildman–Crippen MR) is 70.7 cm³/mol. The second-order valence-electron chi connectivity index (χ2n) is 4.47. The average molecular weight is 314 g/mol. The molecule has 118 valence electrons. The fourth-order valence-corrected chi connectivity index (χ4v) is 1.75. The first-order valence-electron chi connectivity index (χ1n) is 6.25. The van der Waals surface area contributed by atoms with Crippen molar-refractivity contribution in [3.63, 3.8) is 0 Å². The Morgan fingerprint density at radius 2 is 2.18 bits per heavy atom. The lowest BCUT2D eigenvalue weighted by Gasteiger charge is -2.09. The van der Waals surface area contributed by atoms with Gasteiger partial charge >= 0.3 is 12.3 Å². The number of amides is 1. The molecule has 9 heteroatoms. The number of nitrogens with one attached hydrogen (secondary N) is 1. The molecule has 1 amide bonds. The van der Waals surface area contributed by atoms with Crippen molar-refractivity contribution in [1.29, 1.82) is 0 Å². The van der Waals surface area contributed by atoms with Crippen LogP contribution in [0.4, 0.5) is 18.0 Å². The van der Waals surface area contributed by atoms with Crippen LogP contribution in [0.25, 0.3) is 11.3 Å². The molecule has 0 fully saturated rings. The van der Waals surface area contributed by atoms with Gasteiger partial charge < -0.3 is 10.1 Å². The normalized spacial score (nSPS) is 11.3. The Labute approximate surface area is 123 Å². The summed E-state index contributed by atoms with van der Waals surface area (Å²) < 4.78 is 41.4. The molecule has 0 unspecified atom stereocenters. The summed E-state index contributed by atoms with van der Waals surface area (Å²) in [6.07, 6.45) is -0.914. The zero-order valence-corrected chi connectivity index (χ0v) is 11.6. The average Bonchev–Trinajstić information content (AvgIpc) is 2.89. The van der Waals surface area contributed by atoms with E-state index in [2.05, 4.69) is 20.1 Å². The molecule has 0 aromatic carbocycles. The van der Waals surface area contributed by atoms with E-state index in [-0.39, 0.29) is 6.54 Å². The molecule has 2 rings (SSSR count). The van der Waals surface area contributed by atoms with Crippen LogP contribution in [0.15, 0.2) is 30.7 Å². The number of ether oxygens (including phenoxy) is 1. The van der Waals surface area contributed by atoms with Crippen LogP contribution in [0.3, 0.4) is 0 Å². The Balaban J connectivity index is 1.94. The molecule has 0 saturated heterocycles. The van der Waals surface area contributed by atoms with E-state index in [1.807, 2.05) is 0 Å². The van der Waals surface area contributed by atoms with Gasteiger partial charge in [-0.1, -0.05) is 0 Å². The SMILES string of the molecule is Cn1nccc1-c1cncc(CNC(=O)OCC(F)(F)F)c1. The molecule has 2 aromatic rings. The van der Waals surface area contributed by atoms with Crippen molar-refractivity contribution in [3.05, 3.63) is 36.3 Å². The van der Waals surface area contributed by atoms with Gasteiger partial charge in [-0.05, 0) is 17.7 Å². The van der Waals surface area contributed by atoms with Gasteiger partial charge in [0, 0.05) is 37.7 Å². The highest BCUT2D eigenvalue weighted by atomic mass is 19.4. The van der Waals surface area contributed by atoms with Gasteiger partial charge in [0.25, 0.3) is 0 Å². The van der Waals surface area contributed by atoms with Crippen LogP contribution in [0.1, 0.15) is 5.56 Å². The topological polar surface area (TPSA) is 69.0 Å². The summed E-state index contributed by atoms with van der Waals surface area (Å²) >= 11 is 0. The van der Waals surface area contributed by atoms with E-state index in [0.29, 0.717) is 5.56 Å². The maximum absolute atomic E-state index is 11.9. The van der Waals surface area contributed by atoms with Crippen LogP contribution in [-0.2, 0) is 18.3 Å². The lowest BCUT2D eigenvalue weighted by atomic mass is 10.1. The zero-order valence-electron chi connectivity index (χ0n) is 11.6. The van der Waals surface area contributed by atoms with Crippen LogP contribution in [0, 0.1) is 0 Å². The van der Waals surface area contributed by atoms with Crippen LogP contribution in [0.2, 0.25) is 0 Å². The first-order chi connectivity index (χ1) is 10.3. The number of hydrogen-bond donors (Lipinski definition) is 1. The lowest BCUT2D eigenvalue weighted by molar-refractivity contribution is -0.160. The molecule has 0 bridgehead atoms. The number of alkyl halides is 3. The van der Waals surface area contributed by atoms with Crippen LogP contribution < -0.4 is 5.32 Å². The van der Waals surface area contributed by atoms with E-state index in [4.69, 9.17) is 0 Å². The Bertz CT molecular complexity index is 655. The maximum atomic E-state index is 11.9. The summed E-state index contributed by atoms with van der Waals surface area (Å²) in [4.78, 5) is 15.2. The van der Waals surface area contributed by atoms with E-state index in [9.17, 15) is 18.0 Å². The fourth-order valence-electron chi connectivity index (χ4n) is 1.75. The predicted octanol–water partition coefficient (Wildman–Crippen LogP) is 2.27. The van der Waals surface area contributed by atoms with E-state index in [1.165, 1.54) is 6.20 Å². The third-order valence-corrected chi connectivity index (χ3v) is 2.72. The molecule has 0 aliphatic heterocycles. The molecule has 0 spiro atoms. The Morgan fingerprint density at radius 1 is 1.41 bits per heavy atom. The largest absolute Gasteiger partial charge is 0.440 e. The fraction of sp³-hybridized carbons (Fsp3) is 0.308. The quantitative estimate of drug-likeness (QED) is 0.940. The monoisotopic (exact) mass is 314 g/mol. The molecule has 22 heavy (non-hydrogen) atoms. The molecule has 2 heterocycles. The summed E-state index contributed by atoms with van der Waals surface area (Å²) in [6, 6.07) is 3.56. The number of alkyl carbamates (subject to hydrolysis) is 1. The van der Waals surface area contributed by atoms with Gasteiger partial charge in [0.05, 0.1) is 5.69 Å². The molecular formula is C13H13F3N4O2. The van der Waals surface area contributed by atoms with E-state index in [0.717, 1.165) is 11.3 Å². The number of nitrogens with zero attached hydrogens (tertiary/aromatic N) is 3. The Morgan fingerprint density at radius 3 is 2.82 bits per heavy atom. The Kier molecular flexibility index (Phi) is 4.64. The number of pyridine rings is 1. The van der Waals surface area contributed by atoms with Crippen molar-refractivity contribution in [1.82, 2.24) is 20.1 Å². The van der Waals surface area contributed by atoms with Crippen molar-refractivity contribution >= 4 is 6.09 Å². The third-order valence-electron chi connectivity index (χ3n) is 2.72. The minimum Gasteiger partial charge on any atom is -0.440 e. The lowest BCUT2D eigenvalue weighted by Crippen LogP contribution is -2.28. The number of rotatable bonds is 4. The molecule has 2 aromatic heterocycles. The standard InChI is InChI=1S/C13H13F3N4O2/c1-20-11(2-3-19-20)10-4-9(5-17-7-10)6-18-12(21)22-8-13(14,15)16/h2-5,7H,6,8H2,1H3,(H,18,21). The molecule has 0 aliphatic rings. The molecular weight excluding hydrogens is 301 g/mol. The number of hydrogen-bond acceptors (Lipinski definition) is 4. The third kappa shape index (κ3) is 4.47. The van der Waals surface area contributed by atoms with E-state index < -0.39 is 18.9 Å². The molecule has 0 atom stereocenters. The second-order valence-corrected chi connectivity index (χ2v) is 4.47. The summed E-state index contributed by atoms with van der Waals surface area (Å²) in [7, 11) is 1.77. The molecule has 0 saturated carbocycles. The van der Waals surface area contributed by atoms with Crippen LogP contribution in [-0.4, -0.2) is 33.6 Å². The van der Waals surface area contributed by atoms with Crippen LogP contribution in [0.5, 0.6) is 0 Å². The summed E-state index contributed by atoms with van der Waals surface area (Å²) in [5.41, 5.74) is 2.24. The van der Waals surface area contributed by atoms with E-state index in [1.54, 1.807) is 36.3 Å². The second kappa shape index (κ2) is 6.46. The number of carbonyl (C=O) groups is 1. The zero-order chi connectivity index (χ0) is 16.2. The Hall–Kier alpha value is -2.58. The van der Waals surface area contributed by atoms with Crippen LogP contribution >= 0.6 is 0 Å². The number of aryl methyl sites for hydroxylation is 1. The summed E-state index contributed by atoms with van der Waals surface area (Å²) in [6.45, 7) is -1.61. The highest BCUT2D eigenvalue weighted by molar-refractivity contribution is 5.67. The van der Waals surface area contributed by atoms with Gasteiger partial charge in [0.15, 0.2) is 6.61 Å². The smallest absolute Gasteiger partial charge is 0.422 e. The van der Waals surface area contributed by atoms with Gasteiger partial charge in [-0.2, -0.15) is 18.3 Å². The molecule has 0 radical (unpaired) electrons. The van der Waals surface area contributed by atoms with Crippen molar-refractivity contribution in [2.75, 3.05) is 6.61 Å². The van der Waals surface area contributed by atoms with Crippen molar-refractivity contribution < 1.29 is 22.7 Å². The van der Waals surface area contributed by atoms with Crippen molar-refractivity contribution in [3.8, 4) is 11.3 Å².